The molecule has 2 rings (SSSR count). The molecule has 0 atom stereocenters. The highest BCUT2D eigenvalue weighted by Gasteiger charge is 2.07. The summed E-state index contributed by atoms with van der Waals surface area (Å²) in [5.41, 5.74) is 11.5. The zero-order valence-electron chi connectivity index (χ0n) is 12.8. The van der Waals surface area contributed by atoms with Crippen LogP contribution in [0, 0.1) is 0 Å². The number of rotatable bonds is 8. The zero-order valence-corrected chi connectivity index (χ0v) is 13.5. The first kappa shape index (κ1) is 17.6. The van der Waals surface area contributed by atoms with Crippen LogP contribution < -0.4 is 21.5 Å². The summed E-state index contributed by atoms with van der Waals surface area (Å²) in [6.45, 7) is 0.455. The molecule has 0 aliphatic heterocycles. The van der Waals surface area contributed by atoms with Crippen molar-refractivity contribution in [3.8, 4) is 5.75 Å². The Morgan fingerprint density at radius 1 is 1.21 bits per heavy atom. The minimum absolute atomic E-state index is 0.146. The van der Waals surface area contributed by atoms with E-state index >= 15 is 0 Å². The van der Waals surface area contributed by atoms with Crippen molar-refractivity contribution in [2.45, 2.75) is 6.42 Å². The van der Waals surface area contributed by atoms with Gasteiger partial charge in [-0.05, 0) is 30.2 Å². The van der Waals surface area contributed by atoms with Gasteiger partial charge in [-0.25, -0.2) is 4.98 Å². The number of halogens is 1. The number of nitrogens with zero attached hydrogens (tertiary/aromatic N) is 1. The first-order valence-corrected chi connectivity index (χ1v) is 7.53. The minimum atomic E-state index is -0.574. The summed E-state index contributed by atoms with van der Waals surface area (Å²) in [5, 5.41) is 3.43. The van der Waals surface area contributed by atoms with E-state index in [1.807, 2.05) is 12.1 Å². The van der Waals surface area contributed by atoms with Crippen LogP contribution in [0.1, 0.15) is 15.9 Å². The maximum absolute atomic E-state index is 11.0. The largest absolute Gasteiger partial charge is 0.484 e. The average molecular weight is 349 g/mol. The third-order valence-electron chi connectivity index (χ3n) is 3.14. The van der Waals surface area contributed by atoms with Crippen LogP contribution in [0.4, 0.5) is 5.82 Å². The molecule has 126 valence electrons. The van der Waals surface area contributed by atoms with Gasteiger partial charge in [0.05, 0.1) is 10.6 Å². The Balaban J connectivity index is 1.85. The molecule has 0 aliphatic carbocycles. The second kappa shape index (κ2) is 8.16. The first-order valence-electron chi connectivity index (χ1n) is 7.15. The number of pyridine rings is 1. The summed E-state index contributed by atoms with van der Waals surface area (Å²) in [6, 6.07) is 8.80. The van der Waals surface area contributed by atoms with Crippen LogP contribution in [0.3, 0.4) is 0 Å². The fourth-order valence-corrected chi connectivity index (χ4v) is 2.17. The first-order chi connectivity index (χ1) is 11.5. The van der Waals surface area contributed by atoms with E-state index < -0.39 is 11.8 Å². The van der Waals surface area contributed by atoms with E-state index in [1.165, 1.54) is 12.3 Å². The second-order valence-electron chi connectivity index (χ2n) is 4.99. The third-order valence-corrected chi connectivity index (χ3v) is 3.42. The number of nitrogens with two attached hydrogens (primary N) is 2. The summed E-state index contributed by atoms with van der Waals surface area (Å²) >= 11 is 6.05. The van der Waals surface area contributed by atoms with E-state index in [0.29, 0.717) is 23.1 Å². The molecule has 0 unspecified atom stereocenters. The molecule has 2 amide bonds. The molecular formula is C16H17ClN4O3. The lowest BCUT2D eigenvalue weighted by molar-refractivity contribution is -0.119. The Kier molecular flexibility index (Phi) is 5.97. The van der Waals surface area contributed by atoms with Gasteiger partial charge >= 0.3 is 0 Å². The van der Waals surface area contributed by atoms with Gasteiger partial charge in [0.2, 0.25) is 5.91 Å². The fraction of sp³-hybridized carbons (Fsp3) is 0.188. The highest BCUT2D eigenvalue weighted by Crippen LogP contribution is 2.20. The number of amides is 2. The Bertz CT molecular complexity index is 735. The van der Waals surface area contributed by atoms with E-state index in [-0.39, 0.29) is 12.2 Å². The van der Waals surface area contributed by atoms with Crippen molar-refractivity contribution in [2.75, 3.05) is 18.5 Å². The van der Waals surface area contributed by atoms with Crippen LogP contribution in [-0.2, 0) is 11.2 Å². The third kappa shape index (κ3) is 5.13. The molecule has 1 heterocycles. The molecule has 1 aromatic heterocycles. The highest BCUT2D eigenvalue weighted by atomic mass is 35.5. The number of aromatic nitrogens is 1. The van der Waals surface area contributed by atoms with Crippen molar-refractivity contribution in [3.63, 3.8) is 0 Å². The van der Waals surface area contributed by atoms with Crippen LogP contribution in [0.25, 0.3) is 0 Å². The number of hydrogen-bond donors (Lipinski definition) is 3. The van der Waals surface area contributed by atoms with Crippen LogP contribution in [0.5, 0.6) is 5.75 Å². The Morgan fingerprint density at radius 3 is 2.50 bits per heavy atom. The molecule has 7 nitrogen and oxygen atoms in total. The summed E-state index contributed by atoms with van der Waals surface area (Å²) in [5.74, 6) is -0.0232. The van der Waals surface area contributed by atoms with Crippen LogP contribution >= 0.6 is 11.6 Å². The highest BCUT2D eigenvalue weighted by molar-refractivity contribution is 6.33. The molecule has 8 heteroatoms. The molecule has 0 saturated heterocycles. The molecule has 0 spiro atoms. The summed E-state index contributed by atoms with van der Waals surface area (Å²) < 4.78 is 5.19. The number of ether oxygens (including phenoxy) is 1. The summed E-state index contributed by atoms with van der Waals surface area (Å²) in [7, 11) is 0. The summed E-state index contributed by atoms with van der Waals surface area (Å²) in [6.07, 6.45) is 2.10. The van der Waals surface area contributed by atoms with Gasteiger partial charge in [0.1, 0.15) is 11.6 Å². The number of nitrogens with one attached hydrogen (secondary N) is 1. The maximum Gasteiger partial charge on any atom is 0.255 e. The Labute approximate surface area is 144 Å². The molecular weight excluding hydrogens is 332 g/mol. The van der Waals surface area contributed by atoms with Crippen molar-refractivity contribution in [2.24, 2.45) is 11.5 Å². The normalized spacial score (nSPS) is 10.2. The molecule has 1 aromatic carbocycles. The van der Waals surface area contributed by atoms with Crippen molar-refractivity contribution in [1.82, 2.24) is 4.98 Å². The van der Waals surface area contributed by atoms with Gasteiger partial charge in [-0.1, -0.05) is 23.7 Å². The van der Waals surface area contributed by atoms with Gasteiger partial charge in [0, 0.05) is 12.7 Å². The standard InChI is InChI=1S/C16H17ClN4O3/c17-13-7-11(15(19)23)8-21-16(13)20-6-5-10-1-3-12(4-2-10)24-9-14(18)22/h1-4,7-8H,5-6,9H2,(H2,18,22)(H2,19,23)(H,20,21). The Morgan fingerprint density at radius 2 is 1.92 bits per heavy atom. The van der Waals surface area contributed by atoms with Crippen molar-refractivity contribution in [1.29, 1.82) is 0 Å². The lowest BCUT2D eigenvalue weighted by atomic mass is 10.1. The smallest absolute Gasteiger partial charge is 0.255 e. The number of primary amides is 2. The van der Waals surface area contributed by atoms with E-state index in [9.17, 15) is 9.59 Å². The van der Waals surface area contributed by atoms with Crippen molar-refractivity contribution in [3.05, 3.63) is 52.7 Å². The Hall–Kier alpha value is -2.80. The van der Waals surface area contributed by atoms with Gasteiger partial charge in [-0.2, -0.15) is 0 Å². The average Bonchev–Trinajstić information content (AvgIpc) is 2.55. The molecule has 0 bridgehead atoms. The molecule has 24 heavy (non-hydrogen) atoms. The lowest BCUT2D eigenvalue weighted by Gasteiger charge is -2.09. The number of hydrogen-bond acceptors (Lipinski definition) is 5. The predicted molar refractivity (Wildman–Crippen MR) is 91.1 cm³/mol. The number of carbonyl (C=O) groups excluding carboxylic acids is 2. The topological polar surface area (TPSA) is 120 Å². The minimum Gasteiger partial charge on any atom is -0.484 e. The van der Waals surface area contributed by atoms with Crippen LogP contribution in [0.15, 0.2) is 36.5 Å². The summed E-state index contributed by atoms with van der Waals surface area (Å²) in [4.78, 5) is 25.8. The molecule has 2 aromatic rings. The number of carbonyl (C=O) groups is 2. The number of anilines is 1. The van der Waals surface area contributed by atoms with Crippen molar-refractivity contribution >= 4 is 29.2 Å². The predicted octanol–water partition coefficient (Wildman–Crippen LogP) is 1.35. The molecule has 0 aliphatic rings. The van der Waals surface area contributed by atoms with Crippen LogP contribution in [0.2, 0.25) is 5.02 Å². The van der Waals surface area contributed by atoms with Gasteiger partial charge in [-0.3, -0.25) is 9.59 Å². The van der Waals surface area contributed by atoms with E-state index in [2.05, 4.69) is 10.3 Å². The van der Waals surface area contributed by atoms with Gasteiger partial charge < -0.3 is 21.5 Å². The van der Waals surface area contributed by atoms with Crippen molar-refractivity contribution < 1.29 is 14.3 Å². The fourth-order valence-electron chi connectivity index (χ4n) is 1.93. The van der Waals surface area contributed by atoms with E-state index in [0.717, 1.165) is 12.0 Å². The number of benzene rings is 1. The zero-order chi connectivity index (χ0) is 17.5. The van der Waals surface area contributed by atoms with Gasteiger partial charge in [0.25, 0.3) is 5.91 Å². The molecule has 0 fully saturated rings. The quantitative estimate of drug-likeness (QED) is 0.665. The maximum atomic E-state index is 11.0. The SMILES string of the molecule is NC(=O)COc1ccc(CCNc2ncc(C(N)=O)cc2Cl)cc1. The second-order valence-corrected chi connectivity index (χ2v) is 5.40. The van der Waals surface area contributed by atoms with Gasteiger partial charge in [-0.15, -0.1) is 0 Å². The lowest BCUT2D eigenvalue weighted by Crippen LogP contribution is -2.19. The van der Waals surface area contributed by atoms with Crippen LogP contribution in [-0.4, -0.2) is 29.9 Å². The monoisotopic (exact) mass is 348 g/mol. The molecule has 0 saturated carbocycles. The van der Waals surface area contributed by atoms with Gasteiger partial charge in [0.15, 0.2) is 6.61 Å². The molecule has 5 N–H and O–H groups in total. The molecule has 0 radical (unpaired) electrons. The van der Waals surface area contributed by atoms with E-state index in [1.54, 1.807) is 12.1 Å². The van der Waals surface area contributed by atoms with E-state index in [4.69, 9.17) is 27.8 Å².